The Morgan fingerprint density at radius 2 is 1.62 bits per heavy atom. The van der Waals surface area contributed by atoms with Crippen LogP contribution >= 0.6 is 0 Å². The van der Waals surface area contributed by atoms with Crippen LogP contribution < -0.4 is 5.32 Å². The lowest BCUT2D eigenvalue weighted by atomic mass is 9.94. The summed E-state index contributed by atoms with van der Waals surface area (Å²) in [5.74, 6) is -1.87. The average Bonchev–Trinajstić information content (AvgIpc) is 2.49. The monoisotopic (exact) mass is 348 g/mol. The molecular weight excluding hydrogens is 320 g/mol. The lowest BCUT2D eigenvalue weighted by Crippen LogP contribution is -2.45. The van der Waals surface area contributed by atoms with Gasteiger partial charge in [-0.3, -0.25) is 9.18 Å². The number of alkyl carbamates (subject to hydrolysis) is 1. The zero-order valence-electron chi connectivity index (χ0n) is 15.0. The van der Waals surface area contributed by atoms with E-state index >= 15 is 0 Å². The minimum absolute atomic E-state index is 0.00905. The lowest BCUT2D eigenvalue weighted by molar-refractivity contribution is -0.148. The smallest absolute Gasteiger partial charge is 0.408 e. The molecule has 0 saturated carbocycles. The summed E-state index contributed by atoms with van der Waals surface area (Å²) in [7, 11) is 2.42. The third kappa shape index (κ3) is 9.32. The van der Waals surface area contributed by atoms with E-state index in [0.717, 1.165) is 0 Å². The van der Waals surface area contributed by atoms with Crippen molar-refractivity contribution in [3.8, 4) is 0 Å². The molecule has 1 amide bonds. The molecule has 2 atom stereocenters. The number of halogens is 1. The topological polar surface area (TPSA) is 90.9 Å². The molecule has 0 aromatic heterocycles. The highest BCUT2D eigenvalue weighted by molar-refractivity contribution is 5.82. The molecule has 24 heavy (non-hydrogen) atoms. The van der Waals surface area contributed by atoms with E-state index in [4.69, 9.17) is 9.47 Å². The second kappa shape index (κ2) is 10.8. The Morgan fingerprint density at radius 1 is 1.04 bits per heavy atom. The number of rotatable bonds is 9. The zero-order valence-corrected chi connectivity index (χ0v) is 15.0. The summed E-state index contributed by atoms with van der Waals surface area (Å²) in [6, 6.07) is -1.06. The van der Waals surface area contributed by atoms with Crippen LogP contribution in [0.25, 0.3) is 0 Å². The Labute approximate surface area is 142 Å². The number of hydrogen-bond donors (Lipinski definition) is 1. The molecule has 0 unspecified atom stereocenters. The fraction of sp³-hybridized carbons (Fsp3) is 0.812. The molecular formula is C16H28FNO6. The molecule has 0 heterocycles. The maximum absolute atomic E-state index is 12.2. The predicted molar refractivity (Wildman–Crippen MR) is 85.1 cm³/mol. The Hall–Kier alpha value is -1.86. The molecule has 0 rings (SSSR count). The van der Waals surface area contributed by atoms with Crippen molar-refractivity contribution in [2.75, 3.05) is 20.9 Å². The van der Waals surface area contributed by atoms with Gasteiger partial charge in [-0.05, 0) is 46.5 Å². The molecule has 0 saturated heterocycles. The van der Waals surface area contributed by atoms with Crippen molar-refractivity contribution in [3.05, 3.63) is 0 Å². The normalized spacial score (nSPS) is 13.6. The maximum atomic E-state index is 12.2. The third-order valence-electron chi connectivity index (χ3n) is 3.17. The van der Waals surface area contributed by atoms with Gasteiger partial charge < -0.3 is 19.5 Å². The molecule has 0 fully saturated rings. The molecule has 0 aliphatic heterocycles. The standard InChI is InChI=1S/C16H28FNO6/c1-16(2,3)24-15(21)18-12(14(20)23-5)10-11(13(19)22-4)8-6-7-9-17/h11-12H,6-10H2,1-5H3,(H,18,21)/t11-,12-/m0/s1/i17-1. The van der Waals surface area contributed by atoms with Crippen LogP contribution in [0.15, 0.2) is 0 Å². The Morgan fingerprint density at radius 3 is 2.08 bits per heavy atom. The van der Waals surface area contributed by atoms with E-state index in [0.29, 0.717) is 19.3 Å². The molecule has 7 nitrogen and oxygen atoms in total. The highest BCUT2D eigenvalue weighted by Gasteiger charge is 2.31. The highest BCUT2D eigenvalue weighted by atomic mass is 18.2. The van der Waals surface area contributed by atoms with Crippen LogP contribution in [0.3, 0.4) is 0 Å². The van der Waals surface area contributed by atoms with Crippen molar-refractivity contribution in [1.29, 1.82) is 0 Å². The van der Waals surface area contributed by atoms with Gasteiger partial charge in [-0.1, -0.05) is 0 Å². The van der Waals surface area contributed by atoms with Gasteiger partial charge in [-0.25, -0.2) is 9.59 Å². The summed E-state index contributed by atoms with van der Waals surface area (Å²) in [4.78, 5) is 35.6. The van der Waals surface area contributed by atoms with Gasteiger partial charge in [0.05, 0.1) is 26.8 Å². The summed E-state index contributed by atoms with van der Waals surface area (Å²) < 4.78 is 26.7. The van der Waals surface area contributed by atoms with E-state index in [-0.39, 0.29) is 6.42 Å². The number of ether oxygens (including phenoxy) is 3. The zero-order chi connectivity index (χ0) is 18.8. The van der Waals surface area contributed by atoms with E-state index in [9.17, 15) is 18.8 Å². The Balaban J connectivity index is 4.96. The summed E-state index contributed by atoms with van der Waals surface area (Å²) in [5, 5.41) is 2.41. The van der Waals surface area contributed by atoms with Crippen LogP contribution in [0.2, 0.25) is 0 Å². The number of unbranched alkanes of at least 4 members (excludes halogenated alkanes) is 1. The van der Waals surface area contributed by atoms with E-state index in [1.807, 2.05) is 0 Å². The second-order valence-corrected chi connectivity index (χ2v) is 6.36. The van der Waals surface area contributed by atoms with Crippen molar-refractivity contribution in [3.63, 3.8) is 0 Å². The number of hydrogen-bond acceptors (Lipinski definition) is 6. The van der Waals surface area contributed by atoms with Crippen LogP contribution in [-0.2, 0) is 23.8 Å². The number of methoxy groups -OCH3 is 2. The lowest BCUT2D eigenvalue weighted by Gasteiger charge is -2.24. The van der Waals surface area contributed by atoms with Gasteiger partial charge in [0.1, 0.15) is 11.6 Å². The van der Waals surface area contributed by atoms with Gasteiger partial charge in [-0.15, -0.1) is 0 Å². The molecule has 0 aromatic carbocycles. The Bertz CT molecular complexity index is 421. The number of carbonyl (C=O) groups excluding carboxylic acids is 3. The molecule has 0 aliphatic carbocycles. The molecule has 0 aromatic rings. The van der Waals surface area contributed by atoms with Crippen molar-refractivity contribution in [1.82, 2.24) is 5.32 Å². The van der Waals surface area contributed by atoms with Crippen LogP contribution in [0.1, 0.15) is 46.5 Å². The minimum atomic E-state index is -1.06. The first-order valence-electron chi connectivity index (χ1n) is 7.85. The average molecular weight is 348 g/mol. The molecule has 0 bridgehead atoms. The second-order valence-electron chi connectivity index (χ2n) is 6.36. The van der Waals surface area contributed by atoms with E-state index in [1.54, 1.807) is 20.8 Å². The summed E-state index contributed by atoms with van der Waals surface area (Å²) in [5.41, 5.74) is -0.729. The fourth-order valence-corrected chi connectivity index (χ4v) is 2.07. The first kappa shape index (κ1) is 22.1. The molecule has 0 spiro atoms. The van der Waals surface area contributed by atoms with Gasteiger partial charge in [-0.2, -0.15) is 0 Å². The largest absolute Gasteiger partial charge is 0.469 e. The van der Waals surface area contributed by atoms with Gasteiger partial charge in [0.2, 0.25) is 0 Å². The number of alkyl halides is 1. The number of carbonyl (C=O) groups is 3. The summed E-state index contributed by atoms with van der Waals surface area (Å²) in [6.07, 6.45) is 0.336. The number of nitrogens with one attached hydrogen (secondary N) is 1. The molecule has 0 radical (unpaired) electrons. The van der Waals surface area contributed by atoms with Crippen LogP contribution in [0, 0.1) is 5.92 Å². The van der Waals surface area contributed by atoms with E-state index < -0.39 is 42.3 Å². The molecule has 140 valence electrons. The van der Waals surface area contributed by atoms with E-state index in [2.05, 4.69) is 10.1 Å². The number of esters is 2. The first-order valence-corrected chi connectivity index (χ1v) is 7.85. The van der Waals surface area contributed by atoms with Gasteiger partial charge in [0, 0.05) is 0 Å². The highest BCUT2D eigenvalue weighted by Crippen LogP contribution is 2.18. The van der Waals surface area contributed by atoms with Crippen LogP contribution in [0.4, 0.5) is 9.18 Å². The van der Waals surface area contributed by atoms with Crippen molar-refractivity contribution in [2.24, 2.45) is 5.92 Å². The molecule has 0 aliphatic rings. The summed E-state index contributed by atoms with van der Waals surface area (Å²) in [6.45, 7) is 4.58. The van der Waals surface area contributed by atoms with Gasteiger partial charge in [0.15, 0.2) is 0 Å². The predicted octanol–water partition coefficient (Wildman–Crippen LogP) is 2.37. The Kier molecular flexibility index (Phi) is 9.99. The molecule has 8 heteroatoms. The van der Waals surface area contributed by atoms with Crippen LogP contribution in [-0.4, -0.2) is 50.6 Å². The number of amides is 1. The first-order chi connectivity index (χ1) is 11.1. The van der Waals surface area contributed by atoms with Crippen LogP contribution in [0.5, 0.6) is 0 Å². The molecule has 1 N–H and O–H groups in total. The van der Waals surface area contributed by atoms with Crippen molar-refractivity contribution in [2.45, 2.75) is 58.1 Å². The summed E-state index contributed by atoms with van der Waals surface area (Å²) >= 11 is 0. The third-order valence-corrected chi connectivity index (χ3v) is 3.17. The minimum Gasteiger partial charge on any atom is -0.469 e. The van der Waals surface area contributed by atoms with Gasteiger partial charge >= 0.3 is 18.0 Å². The fourth-order valence-electron chi connectivity index (χ4n) is 2.07. The SMILES string of the molecule is COC(=O)[C@@H](CCCC[18F])C[C@H](NC(=O)OC(C)(C)C)C(=O)OC. The van der Waals surface area contributed by atoms with E-state index in [1.165, 1.54) is 14.2 Å². The van der Waals surface area contributed by atoms with Crippen molar-refractivity contribution >= 4 is 18.0 Å². The quantitative estimate of drug-likeness (QED) is 0.391. The maximum Gasteiger partial charge on any atom is 0.408 e. The van der Waals surface area contributed by atoms with Gasteiger partial charge in [0.25, 0.3) is 0 Å². The van der Waals surface area contributed by atoms with Crippen molar-refractivity contribution < 1.29 is 33.0 Å².